The third-order valence-corrected chi connectivity index (χ3v) is 5.38. The molecule has 5 heteroatoms. The van der Waals surface area contributed by atoms with E-state index in [1.54, 1.807) is 0 Å². The van der Waals surface area contributed by atoms with E-state index in [-0.39, 0.29) is 6.04 Å². The number of hydrogen-bond donors (Lipinski definition) is 2. The highest BCUT2D eigenvalue weighted by atomic mass is 15.3. The van der Waals surface area contributed by atoms with Gasteiger partial charge in [-0.3, -0.25) is 0 Å². The Balaban J connectivity index is 1.77. The molecule has 1 unspecified atom stereocenters. The van der Waals surface area contributed by atoms with Gasteiger partial charge in [0.1, 0.15) is 0 Å². The summed E-state index contributed by atoms with van der Waals surface area (Å²) in [7, 11) is 0. The smallest absolute Gasteiger partial charge is 0.193 e. The molecule has 2 heterocycles. The monoisotopic (exact) mass is 405 g/mol. The quantitative estimate of drug-likeness (QED) is 0.510. The molecule has 1 aliphatic heterocycles. The lowest BCUT2D eigenvalue weighted by Crippen LogP contribution is -2.37. The second kappa shape index (κ2) is 7.95. The summed E-state index contributed by atoms with van der Waals surface area (Å²) in [6.45, 7) is 2.05. The molecule has 152 valence electrons. The zero-order valence-corrected chi connectivity index (χ0v) is 17.2. The Bertz CT molecular complexity index is 1260. The van der Waals surface area contributed by atoms with Gasteiger partial charge in [-0.15, -0.1) is 0 Å². The molecule has 1 aliphatic rings. The number of hydrogen-bond acceptors (Lipinski definition) is 4. The Morgan fingerprint density at radius 1 is 0.774 bits per heavy atom. The Labute approximate surface area is 181 Å². The van der Waals surface area contributed by atoms with Crippen LogP contribution in [-0.2, 0) is 0 Å². The second-order valence-corrected chi connectivity index (χ2v) is 7.50. The van der Waals surface area contributed by atoms with E-state index in [2.05, 4.69) is 52.8 Å². The van der Waals surface area contributed by atoms with Crippen LogP contribution in [0.1, 0.15) is 12.5 Å². The number of nitrogens with two attached hydrogens (primary N) is 1. The van der Waals surface area contributed by atoms with Crippen LogP contribution in [0.4, 0.5) is 0 Å². The maximum absolute atomic E-state index is 6.11. The first kappa shape index (κ1) is 18.9. The van der Waals surface area contributed by atoms with Crippen molar-refractivity contribution in [2.45, 2.75) is 13.0 Å². The van der Waals surface area contributed by atoms with Crippen molar-refractivity contribution in [3.05, 3.63) is 103 Å². The van der Waals surface area contributed by atoms with Crippen LogP contribution in [0.5, 0.6) is 0 Å². The number of nitrogens with zero attached hydrogens (tertiary/aromatic N) is 3. The van der Waals surface area contributed by atoms with Crippen LogP contribution in [-0.4, -0.2) is 21.8 Å². The average Bonchev–Trinajstić information content (AvgIpc) is 3.25. The summed E-state index contributed by atoms with van der Waals surface area (Å²) in [5.74, 6) is 0.409. The van der Waals surface area contributed by atoms with Gasteiger partial charge in [0, 0.05) is 11.1 Å². The lowest BCUT2D eigenvalue weighted by Gasteiger charge is -2.26. The first-order valence-electron chi connectivity index (χ1n) is 10.3. The van der Waals surface area contributed by atoms with Crippen LogP contribution in [0.25, 0.3) is 33.9 Å². The second-order valence-electron chi connectivity index (χ2n) is 7.50. The molecule has 0 saturated heterocycles. The molecule has 0 aliphatic carbocycles. The molecule has 31 heavy (non-hydrogen) atoms. The topological polar surface area (TPSA) is 68.2 Å². The minimum absolute atomic E-state index is 0.164. The molecule has 3 N–H and O–H groups in total. The number of rotatable bonds is 4. The van der Waals surface area contributed by atoms with Crippen molar-refractivity contribution in [2.75, 3.05) is 0 Å². The van der Waals surface area contributed by atoms with E-state index in [1.807, 2.05) is 66.2 Å². The van der Waals surface area contributed by atoms with Crippen molar-refractivity contribution in [2.24, 2.45) is 10.7 Å². The number of aliphatic imine (C=N–C) groups is 1. The molecule has 3 aromatic carbocycles. The van der Waals surface area contributed by atoms with E-state index >= 15 is 0 Å². The van der Waals surface area contributed by atoms with Gasteiger partial charge in [0.05, 0.1) is 28.8 Å². The van der Waals surface area contributed by atoms with Gasteiger partial charge < -0.3 is 11.1 Å². The van der Waals surface area contributed by atoms with Gasteiger partial charge in [0.2, 0.25) is 0 Å². The molecule has 0 bridgehead atoms. The third kappa shape index (κ3) is 3.62. The normalized spacial score (nSPS) is 16.0. The summed E-state index contributed by atoms with van der Waals surface area (Å²) in [6.07, 6.45) is 0. The largest absolute Gasteiger partial charge is 0.370 e. The molecule has 4 aromatic rings. The molecule has 1 atom stereocenters. The Hall–Kier alpha value is -4.12. The van der Waals surface area contributed by atoms with Gasteiger partial charge in [-0.2, -0.15) is 5.10 Å². The maximum Gasteiger partial charge on any atom is 0.193 e. The fourth-order valence-electron chi connectivity index (χ4n) is 3.94. The molecule has 5 rings (SSSR count). The zero-order valence-electron chi connectivity index (χ0n) is 17.2. The first-order valence-corrected chi connectivity index (χ1v) is 10.3. The predicted molar refractivity (Wildman–Crippen MR) is 127 cm³/mol. The third-order valence-electron chi connectivity index (χ3n) is 5.38. The van der Waals surface area contributed by atoms with Crippen LogP contribution in [0.2, 0.25) is 0 Å². The van der Waals surface area contributed by atoms with Gasteiger partial charge >= 0.3 is 0 Å². The van der Waals surface area contributed by atoms with Crippen LogP contribution in [0, 0.1) is 0 Å². The molecule has 1 aromatic heterocycles. The summed E-state index contributed by atoms with van der Waals surface area (Å²) < 4.78 is 2.01. The highest BCUT2D eigenvalue weighted by Gasteiger charge is 2.26. The maximum atomic E-state index is 6.11. The summed E-state index contributed by atoms with van der Waals surface area (Å²) in [5, 5.41) is 8.33. The highest BCUT2D eigenvalue weighted by Crippen LogP contribution is 2.34. The van der Waals surface area contributed by atoms with Crippen molar-refractivity contribution in [1.29, 1.82) is 0 Å². The average molecular weight is 406 g/mol. The molecule has 0 amide bonds. The van der Waals surface area contributed by atoms with Gasteiger partial charge in [0.15, 0.2) is 5.96 Å². The van der Waals surface area contributed by atoms with Crippen LogP contribution >= 0.6 is 0 Å². The lowest BCUT2D eigenvalue weighted by molar-refractivity contribution is 0.787. The fourth-order valence-corrected chi connectivity index (χ4v) is 3.94. The molecule has 0 radical (unpaired) electrons. The van der Waals surface area contributed by atoms with Crippen LogP contribution < -0.4 is 11.1 Å². The Kier molecular flexibility index (Phi) is 4.84. The minimum Gasteiger partial charge on any atom is -0.370 e. The summed E-state index contributed by atoms with van der Waals surface area (Å²) in [5.41, 5.74) is 13.1. The van der Waals surface area contributed by atoms with Crippen molar-refractivity contribution in [3.63, 3.8) is 0 Å². The number of aromatic nitrogens is 2. The summed E-state index contributed by atoms with van der Waals surface area (Å²) >= 11 is 0. The molecular formula is C26H23N5. The van der Waals surface area contributed by atoms with Crippen molar-refractivity contribution >= 4 is 17.4 Å². The Morgan fingerprint density at radius 2 is 1.32 bits per heavy atom. The molecule has 5 nitrogen and oxygen atoms in total. The standard InChI is InChI=1S/C26H23N5/c1-18-25(24(29-26(27)28-18)21-15-9-4-10-16-21)31-23(20-13-7-3-8-14-20)17-22(30-31)19-11-5-2-6-12-19/h2-18H,1H3,(H3,27,28,29). The molecular weight excluding hydrogens is 382 g/mol. The van der Waals surface area contributed by atoms with Crippen LogP contribution in [0.3, 0.4) is 0 Å². The van der Waals surface area contributed by atoms with E-state index in [0.717, 1.165) is 39.5 Å². The number of benzene rings is 3. The zero-order chi connectivity index (χ0) is 21.2. The van der Waals surface area contributed by atoms with E-state index in [0.29, 0.717) is 5.96 Å². The molecule has 0 spiro atoms. The molecule has 0 fully saturated rings. The van der Waals surface area contributed by atoms with Crippen molar-refractivity contribution in [1.82, 2.24) is 15.1 Å². The van der Waals surface area contributed by atoms with E-state index in [4.69, 9.17) is 10.8 Å². The van der Waals surface area contributed by atoms with Crippen molar-refractivity contribution in [3.8, 4) is 22.5 Å². The van der Waals surface area contributed by atoms with E-state index < -0.39 is 0 Å². The van der Waals surface area contributed by atoms with Gasteiger partial charge in [-0.1, -0.05) is 91.0 Å². The number of nitrogens with one attached hydrogen (secondary N) is 1. The van der Waals surface area contributed by atoms with Gasteiger partial charge in [-0.25, -0.2) is 9.67 Å². The number of guanidine groups is 1. The fraction of sp³-hybridized carbons (Fsp3) is 0.0769. The summed E-state index contributed by atoms with van der Waals surface area (Å²) in [6, 6.07) is 32.7. The van der Waals surface area contributed by atoms with E-state index in [1.165, 1.54) is 0 Å². The van der Waals surface area contributed by atoms with E-state index in [9.17, 15) is 0 Å². The SMILES string of the molecule is CC1N=C(N)NC(c2ccccc2)=C1n1nc(-c2ccccc2)cc1-c1ccccc1. The summed E-state index contributed by atoms with van der Waals surface area (Å²) in [4.78, 5) is 4.60. The van der Waals surface area contributed by atoms with Gasteiger partial charge in [-0.05, 0) is 18.6 Å². The first-order chi connectivity index (χ1) is 15.2. The van der Waals surface area contributed by atoms with Gasteiger partial charge in [0.25, 0.3) is 0 Å². The predicted octanol–water partition coefficient (Wildman–Crippen LogP) is 4.85. The van der Waals surface area contributed by atoms with Crippen molar-refractivity contribution < 1.29 is 0 Å². The highest BCUT2D eigenvalue weighted by molar-refractivity contribution is 5.99. The minimum atomic E-state index is -0.164. The molecule has 0 saturated carbocycles. The van der Waals surface area contributed by atoms with Crippen LogP contribution in [0.15, 0.2) is 102 Å². The Morgan fingerprint density at radius 3 is 1.94 bits per heavy atom. The lowest BCUT2D eigenvalue weighted by atomic mass is 10.0.